The SMILES string of the molecule is NCC(=O)OCC(COC(=O)CC(=O)c1cc2c(o1)C(=O)c1ccccc1C2=O)OC(=O)CN. The lowest BCUT2D eigenvalue weighted by Crippen LogP contribution is -2.34. The molecular formula is C22H20N2O10. The number of rotatable bonds is 10. The summed E-state index contributed by atoms with van der Waals surface area (Å²) in [5, 5.41) is 0. The number of esters is 3. The predicted molar refractivity (Wildman–Crippen MR) is 111 cm³/mol. The van der Waals surface area contributed by atoms with E-state index >= 15 is 0 Å². The van der Waals surface area contributed by atoms with E-state index in [1.165, 1.54) is 12.1 Å². The first-order valence-corrected chi connectivity index (χ1v) is 10.0. The molecule has 0 saturated carbocycles. The average Bonchev–Trinajstić information content (AvgIpc) is 3.30. The molecule has 12 nitrogen and oxygen atoms in total. The number of nitrogens with two attached hydrogens (primary N) is 2. The van der Waals surface area contributed by atoms with E-state index in [-0.39, 0.29) is 28.2 Å². The van der Waals surface area contributed by atoms with Gasteiger partial charge in [-0.25, -0.2) is 0 Å². The van der Waals surface area contributed by atoms with Crippen LogP contribution in [-0.2, 0) is 28.6 Å². The molecule has 1 atom stereocenters. The van der Waals surface area contributed by atoms with Gasteiger partial charge in [-0.2, -0.15) is 0 Å². The van der Waals surface area contributed by atoms with Crippen molar-refractivity contribution in [3.8, 4) is 0 Å². The Kier molecular flexibility index (Phi) is 7.66. The van der Waals surface area contributed by atoms with Crippen LogP contribution in [0.3, 0.4) is 0 Å². The third-order valence-electron chi connectivity index (χ3n) is 4.67. The van der Waals surface area contributed by atoms with Gasteiger partial charge >= 0.3 is 17.9 Å². The maximum Gasteiger partial charge on any atom is 0.320 e. The summed E-state index contributed by atoms with van der Waals surface area (Å²) >= 11 is 0. The number of Topliss-reactive ketones (excluding diaryl/α,β-unsaturated/α-hetero) is 1. The van der Waals surface area contributed by atoms with Gasteiger partial charge in [-0.05, 0) is 6.07 Å². The van der Waals surface area contributed by atoms with Crippen molar-refractivity contribution < 1.29 is 47.4 Å². The van der Waals surface area contributed by atoms with E-state index in [1.807, 2.05) is 0 Å². The lowest BCUT2D eigenvalue weighted by molar-refractivity contribution is -0.165. The third kappa shape index (κ3) is 5.42. The second kappa shape index (κ2) is 10.6. The van der Waals surface area contributed by atoms with Gasteiger partial charge in [0, 0.05) is 11.1 Å². The highest BCUT2D eigenvalue weighted by Crippen LogP contribution is 2.30. The first kappa shape index (κ1) is 24.5. The molecule has 0 aliphatic heterocycles. The van der Waals surface area contributed by atoms with Gasteiger partial charge in [0.05, 0.1) is 18.7 Å². The van der Waals surface area contributed by atoms with Crippen LogP contribution in [0.15, 0.2) is 34.7 Å². The third-order valence-corrected chi connectivity index (χ3v) is 4.67. The van der Waals surface area contributed by atoms with Crippen LogP contribution in [0.5, 0.6) is 0 Å². The van der Waals surface area contributed by atoms with Crippen molar-refractivity contribution in [2.24, 2.45) is 11.5 Å². The van der Waals surface area contributed by atoms with Crippen molar-refractivity contribution >= 4 is 35.3 Å². The summed E-state index contributed by atoms with van der Waals surface area (Å²) in [4.78, 5) is 72.4. The van der Waals surface area contributed by atoms with Crippen LogP contribution >= 0.6 is 0 Å². The molecular weight excluding hydrogens is 452 g/mol. The number of furan rings is 1. The number of fused-ring (bicyclic) bond motifs is 2. The molecule has 12 heteroatoms. The highest BCUT2D eigenvalue weighted by atomic mass is 16.6. The van der Waals surface area contributed by atoms with E-state index in [9.17, 15) is 28.8 Å². The number of ketones is 3. The summed E-state index contributed by atoms with van der Waals surface area (Å²) in [5.74, 6) is -5.14. The summed E-state index contributed by atoms with van der Waals surface area (Å²) in [5.41, 5.74) is 10.6. The van der Waals surface area contributed by atoms with Crippen LogP contribution in [0.4, 0.5) is 0 Å². The van der Waals surface area contributed by atoms with Gasteiger partial charge in [0.15, 0.2) is 23.4 Å². The Bertz CT molecular complexity index is 1110. The molecule has 1 aliphatic rings. The predicted octanol–water partition coefficient (Wildman–Crippen LogP) is -0.457. The lowest BCUT2D eigenvalue weighted by Gasteiger charge is -2.17. The fourth-order valence-electron chi connectivity index (χ4n) is 3.06. The first-order valence-electron chi connectivity index (χ1n) is 10.0. The molecule has 2 aromatic rings. The molecule has 1 heterocycles. The van der Waals surface area contributed by atoms with Gasteiger partial charge in [-0.15, -0.1) is 0 Å². The molecule has 1 aromatic carbocycles. The Morgan fingerprint density at radius 1 is 0.824 bits per heavy atom. The summed E-state index contributed by atoms with van der Waals surface area (Å²) in [6, 6.07) is 7.27. The van der Waals surface area contributed by atoms with Crippen LogP contribution in [0.1, 0.15) is 49.0 Å². The van der Waals surface area contributed by atoms with Crippen molar-refractivity contribution in [2.45, 2.75) is 12.5 Å². The smallest absolute Gasteiger partial charge is 0.320 e. The topological polar surface area (TPSA) is 195 Å². The number of hydrogen-bond donors (Lipinski definition) is 2. The fraction of sp³-hybridized carbons (Fsp3) is 0.273. The molecule has 34 heavy (non-hydrogen) atoms. The molecule has 3 rings (SSSR count). The monoisotopic (exact) mass is 472 g/mol. The normalized spacial score (nSPS) is 12.9. The maximum atomic E-state index is 12.6. The number of ether oxygens (including phenoxy) is 3. The zero-order valence-corrected chi connectivity index (χ0v) is 17.7. The summed E-state index contributed by atoms with van der Waals surface area (Å²) in [7, 11) is 0. The van der Waals surface area contributed by atoms with Gasteiger partial charge in [0.1, 0.15) is 19.6 Å². The fourth-order valence-corrected chi connectivity index (χ4v) is 3.06. The number of hydrogen-bond acceptors (Lipinski definition) is 12. The first-order chi connectivity index (χ1) is 16.2. The molecule has 1 aromatic heterocycles. The van der Waals surface area contributed by atoms with Crippen molar-refractivity contribution in [2.75, 3.05) is 26.3 Å². The Balaban J connectivity index is 1.63. The van der Waals surface area contributed by atoms with Crippen LogP contribution in [0.2, 0.25) is 0 Å². The number of benzene rings is 1. The summed E-state index contributed by atoms with van der Waals surface area (Å²) < 4.78 is 19.9. The molecule has 0 radical (unpaired) electrons. The zero-order chi connectivity index (χ0) is 24.8. The van der Waals surface area contributed by atoms with Gasteiger partial charge in [-0.3, -0.25) is 28.8 Å². The Labute approximate surface area is 192 Å². The van der Waals surface area contributed by atoms with Gasteiger partial charge < -0.3 is 30.1 Å². The number of carbonyl (C=O) groups is 6. The van der Waals surface area contributed by atoms with Crippen molar-refractivity contribution in [3.05, 3.63) is 58.5 Å². The Morgan fingerprint density at radius 3 is 2.03 bits per heavy atom. The van der Waals surface area contributed by atoms with E-state index in [1.54, 1.807) is 12.1 Å². The zero-order valence-electron chi connectivity index (χ0n) is 17.7. The van der Waals surface area contributed by atoms with Crippen LogP contribution in [0, 0.1) is 0 Å². The van der Waals surface area contributed by atoms with Crippen molar-refractivity contribution in [1.29, 1.82) is 0 Å². The Morgan fingerprint density at radius 2 is 1.41 bits per heavy atom. The molecule has 1 aliphatic carbocycles. The highest BCUT2D eigenvalue weighted by Gasteiger charge is 2.34. The highest BCUT2D eigenvalue weighted by molar-refractivity contribution is 6.28. The summed E-state index contributed by atoms with van der Waals surface area (Å²) in [6.07, 6.45) is -1.96. The second-order valence-electron chi connectivity index (χ2n) is 7.04. The van der Waals surface area contributed by atoms with E-state index in [4.69, 9.17) is 30.1 Å². The second-order valence-corrected chi connectivity index (χ2v) is 7.04. The molecule has 0 saturated heterocycles. The van der Waals surface area contributed by atoms with Crippen molar-refractivity contribution in [1.82, 2.24) is 0 Å². The van der Waals surface area contributed by atoms with Gasteiger partial charge in [0.2, 0.25) is 11.6 Å². The maximum absolute atomic E-state index is 12.6. The van der Waals surface area contributed by atoms with Crippen LogP contribution in [0.25, 0.3) is 0 Å². The molecule has 0 fully saturated rings. The molecule has 0 bridgehead atoms. The van der Waals surface area contributed by atoms with Crippen LogP contribution < -0.4 is 11.5 Å². The molecule has 0 spiro atoms. The van der Waals surface area contributed by atoms with E-state index in [0.29, 0.717) is 0 Å². The van der Waals surface area contributed by atoms with Crippen LogP contribution in [-0.4, -0.2) is 67.7 Å². The minimum Gasteiger partial charge on any atom is -0.461 e. The molecule has 0 amide bonds. The summed E-state index contributed by atoms with van der Waals surface area (Å²) in [6.45, 7) is -1.84. The van der Waals surface area contributed by atoms with Crippen molar-refractivity contribution in [3.63, 3.8) is 0 Å². The minimum atomic E-state index is -1.17. The standard InChI is InChI=1S/C22H20N2O10/c23-7-18(27)32-10-11(33-19(28)8-24)9-31-17(26)6-15(25)16-5-14-20(29)12-3-1-2-4-13(12)21(30)22(14)34-16/h1-5,11H,6-10,23-24H2. The van der Waals surface area contributed by atoms with E-state index < -0.39 is 74.1 Å². The number of carbonyl (C=O) groups excluding carboxylic acids is 6. The van der Waals surface area contributed by atoms with E-state index in [0.717, 1.165) is 6.07 Å². The quantitative estimate of drug-likeness (QED) is 0.167. The lowest BCUT2D eigenvalue weighted by atomic mass is 9.88. The van der Waals surface area contributed by atoms with E-state index in [2.05, 4.69) is 0 Å². The average molecular weight is 472 g/mol. The molecule has 1 unspecified atom stereocenters. The largest absolute Gasteiger partial charge is 0.461 e. The van der Waals surface area contributed by atoms with Gasteiger partial charge in [0.25, 0.3) is 0 Å². The Hall–Kier alpha value is -4.16. The van der Waals surface area contributed by atoms with Gasteiger partial charge in [-0.1, -0.05) is 24.3 Å². The molecule has 4 N–H and O–H groups in total. The molecule has 178 valence electrons. The minimum absolute atomic E-state index is 0.0732.